The van der Waals surface area contributed by atoms with E-state index in [0.29, 0.717) is 42.2 Å². The van der Waals surface area contributed by atoms with Crippen LogP contribution in [0, 0.1) is 5.82 Å². The minimum Gasteiger partial charge on any atom is -0.496 e. The largest absolute Gasteiger partial charge is 0.496 e. The maximum atomic E-state index is 13.9. The summed E-state index contributed by atoms with van der Waals surface area (Å²) < 4.78 is 21.2. The van der Waals surface area contributed by atoms with Gasteiger partial charge in [0.25, 0.3) is 5.91 Å². The number of benzene rings is 4. The number of hydrogen-bond acceptors (Lipinski definition) is 12. The number of hydrogen-bond donors (Lipinski definition) is 2. The molecule has 0 unspecified atom stereocenters. The van der Waals surface area contributed by atoms with Crippen LogP contribution in [0.25, 0.3) is 22.3 Å². The first-order chi connectivity index (χ1) is 32.1. The van der Waals surface area contributed by atoms with Crippen LogP contribution in [0.15, 0.2) is 91.3 Å². The number of nitrogen functional groups attached to an aromatic ring is 1. The lowest BCUT2D eigenvalue weighted by Gasteiger charge is -2.36. The minimum atomic E-state index is -0.615. The molecule has 0 radical (unpaired) electrons. The summed E-state index contributed by atoms with van der Waals surface area (Å²) in [5.41, 5.74) is 15.1. The number of Topliss-reactive ketones (excluding diaryl/α,β-unsaturated/α-hetero) is 1. The van der Waals surface area contributed by atoms with Gasteiger partial charge in [0.15, 0.2) is 11.4 Å². The predicted octanol–water partition coefficient (Wildman–Crippen LogP) is 5.96. The third kappa shape index (κ3) is 8.43. The average Bonchev–Trinajstić information content (AvgIpc) is 3.89. The van der Waals surface area contributed by atoms with Gasteiger partial charge in [-0.05, 0) is 90.9 Å². The third-order valence-corrected chi connectivity index (χ3v) is 13.6. The predicted molar refractivity (Wildman–Crippen MR) is 248 cm³/mol. The van der Waals surface area contributed by atoms with Crippen LogP contribution in [0.5, 0.6) is 5.75 Å². The highest BCUT2D eigenvalue weighted by molar-refractivity contribution is 6.05. The summed E-state index contributed by atoms with van der Waals surface area (Å²) in [5, 5.41) is 8.21. The quantitative estimate of drug-likeness (QED) is 0.109. The van der Waals surface area contributed by atoms with Gasteiger partial charge in [-0.25, -0.2) is 19.0 Å². The Hall–Kier alpha value is -7.20. The fraction of sp³-hybridized carbons (Fsp3) is 0.340. The van der Waals surface area contributed by atoms with Gasteiger partial charge in [-0.1, -0.05) is 36.4 Å². The number of halogens is 1. The number of amides is 3. The van der Waals surface area contributed by atoms with E-state index in [1.165, 1.54) is 42.9 Å². The van der Waals surface area contributed by atoms with Gasteiger partial charge >= 0.3 is 0 Å². The van der Waals surface area contributed by atoms with Gasteiger partial charge in [0, 0.05) is 87.7 Å². The van der Waals surface area contributed by atoms with Crippen molar-refractivity contribution in [3.05, 3.63) is 125 Å². The summed E-state index contributed by atoms with van der Waals surface area (Å²) >= 11 is 0. The normalized spacial score (nSPS) is 18.2. The maximum absolute atomic E-state index is 13.9. The minimum absolute atomic E-state index is 0.127. The van der Waals surface area contributed by atoms with E-state index < -0.39 is 17.8 Å². The number of carbonyl (C=O) groups is 4. The van der Waals surface area contributed by atoms with Gasteiger partial charge in [0.1, 0.15) is 35.4 Å². The Bertz CT molecular complexity index is 2830. The van der Waals surface area contributed by atoms with Crippen molar-refractivity contribution in [3.8, 4) is 17.0 Å². The Morgan fingerprint density at radius 2 is 1.56 bits per heavy atom. The molecule has 0 aliphatic carbocycles. The van der Waals surface area contributed by atoms with Crippen molar-refractivity contribution in [2.45, 2.75) is 63.7 Å². The first kappa shape index (κ1) is 42.7. The van der Waals surface area contributed by atoms with Crippen molar-refractivity contribution in [1.82, 2.24) is 34.9 Å². The zero-order chi connectivity index (χ0) is 45.5. The van der Waals surface area contributed by atoms with Crippen molar-refractivity contribution >= 4 is 51.7 Å². The van der Waals surface area contributed by atoms with Gasteiger partial charge in [-0.2, -0.15) is 5.10 Å². The highest BCUT2D eigenvalue weighted by atomic mass is 19.1. The Morgan fingerprint density at radius 3 is 2.30 bits per heavy atom. The number of piperazine rings is 1. The number of fused-ring (bicyclic) bond motifs is 2. The fourth-order valence-electron chi connectivity index (χ4n) is 9.93. The highest BCUT2D eigenvalue weighted by Crippen LogP contribution is 2.36. The number of aromatic nitrogens is 4. The third-order valence-electron chi connectivity index (χ3n) is 13.6. The molecular formula is C50H51FN10O5. The topological polar surface area (TPSA) is 172 Å². The van der Waals surface area contributed by atoms with Crippen LogP contribution >= 0.6 is 0 Å². The van der Waals surface area contributed by atoms with E-state index in [1.54, 1.807) is 4.90 Å². The second-order valence-corrected chi connectivity index (χ2v) is 17.6. The van der Waals surface area contributed by atoms with Gasteiger partial charge < -0.3 is 25.2 Å². The zero-order valence-electron chi connectivity index (χ0n) is 36.8. The number of imide groups is 1. The zero-order valence-corrected chi connectivity index (χ0v) is 36.8. The van der Waals surface area contributed by atoms with Crippen LogP contribution in [-0.2, 0) is 29.1 Å². The number of nitrogens with zero attached hydrogens (tertiary/aromatic N) is 8. The highest BCUT2D eigenvalue weighted by Gasteiger charge is 2.39. The van der Waals surface area contributed by atoms with E-state index in [9.17, 15) is 23.6 Å². The standard InChI is InChI=1S/C50H51FN10O5/c1-66-43-16-9-35(51)27-40(43)42(62)15-6-31-2-7-33(8-3-31)46-45-47(52)53-30-54-48(45)61(56-46)37-18-20-58(21-19-37)36-10-4-32(5-11-36)28-57-22-24-59(25-23-57)38-12-13-39-34(26-38)29-60(50(39)65)41-14-17-44(63)55-49(41)64/h2-5,7-13,16,26-27,30,37,41H,6,14-15,17-25,28-29H2,1H3,(H2,52,53,54)(H,55,63,64)/t41-/m0/s1. The van der Waals surface area contributed by atoms with Crippen LogP contribution in [0.4, 0.5) is 21.6 Å². The summed E-state index contributed by atoms with van der Waals surface area (Å²) in [4.78, 5) is 68.1. The molecule has 0 bridgehead atoms. The molecule has 3 amide bonds. The summed E-state index contributed by atoms with van der Waals surface area (Å²) in [6.07, 6.45) is 4.55. The molecule has 1 atom stereocenters. The van der Waals surface area contributed by atoms with Crippen molar-refractivity contribution < 1.29 is 28.3 Å². The Balaban J connectivity index is 0.725. The lowest BCUT2D eigenvalue weighted by molar-refractivity contribution is -0.136. The first-order valence-corrected chi connectivity index (χ1v) is 22.6. The molecule has 15 nitrogen and oxygen atoms in total. The smallest absolute Gasteiger partial charge is 0.255 e. The van der Waals surface area contributed by atoms with Crippen LogP contribution in [0.2, 0.25) is 0 Å². The Morgan fingerprint density at radius 1 is 0.833 bits per heavy atom. The molecule has 338 valence electrons. The Labute approximate surface area is 381 Å². The number of nitrogens with two attached hydrogens (primary N) is 1. The van der Waals surface area contributed by atoms with E-state index >= 15 is 0 Å². The number of ketones is 1. The summed E-state index contributed by atoms with van der Waals surface area (Å²) in [7, 11) is 1.47. The Kier molecular flexibility index (Phi) is 11.7. The van der Waals surface area contributed by atoms with Crippen LogP contribution in [0.3, 0.4) is 0 Å². The van der Waals surface area contributed by atoms with E-state index in [2.05, 4.69) is 60.3 Å². The lowest BCUT2D eigenvalue weighted by Crippen LogP contribution is -2.52. The van der Waals surface area contributed by atoms with Crippen LogP contribution in [-0.4, -0.2) is 105 Å². The van der Waals surface area contributed by atoms with Crippen molar-refractivity contribution in [2.75, 3.05) is 61.9 Å². The van der Waals surface area contributed by atoms with Crippen molar-refractivity contribution in [1.29, 1.82) is 0 Å². The second kappa shape index (κ2) is 18.0. The summed E-state index contributed by atoms with van der Waals surface area (Å²) in [5.74, 6) is -0.760. The number of rotatable bonds is 12. The number of aryl methyl sites for hydroxylation is 1. The molecule has 4 aliphatic heterocycles. The summed E-state index contributed by atoms with van der Waals surface area (Å²) in [6.45, 7) is 6.54. The molecule has 66 heavy (non-hydrogen) atoms. The molecule has 3 saturated heterocycles. The summed E-state index contributed by atoms with van der Waals surface area (Å²) in [6, 6.07) is 26.3. The number of carbonyl (C=O) groups excluding carboxylic acids is 4. The number of ether oxygens (including phenoxy) is 1. The van der Waals surface area contributed by atoms with Crippen LogP contribution in [0.1, 0.15) is 75.6 Å². The van der Waals surface area contributed by atoms with Gasteiger partial charge in [-0.3, -0.25) is 29.4 Å². The number of anilines is 3. The molecule has 0 spiro atoms. The second-order valence-electron chi connectivity index (χ2n) is 17.6. The lowest BCUT2D eigenvalue weighted by atomic mass is 10.00. The van der Waals surface area contributed by atoms with Crippen LogP contribution < -0.4 is 25.6 Å². The molecule has 3 fully saturated rings. The molecule has 2 aromatic heterocycles. The number of piperidine rings is 2. The van der Waals surface area contributed by atoms with Crippen molar-refractivity contribution in [3.63, 3.8) is 0 Å². The molecule has 6 aromatic rings. The monoisotopic (exact) mass is 890 g/mol. The first-order valence-electron chi connectivity index (χ1n) is 22.6. The fourth-order valence-corrected chi connectivity index (χ4v) is 9.93. The van der Waals surface area contributed by atoms with Gasteiger partial charge in [-0.15, -0.1) is 0 Å². The molecule has 6 heterocycles. The number of methoxy groups -OCH3 is 1. The molecule has 4 aliphatic rings. The molecule has 10 rings (SSSR count). The molecule has 3 N–H and O–H groups in total. The van der Waals surface area contributed by atoms with Crippen molar-refractivity contribution in [2.24, 2.45) is 0 Å². The molecule has 0 saturated carbocycles. The van der Waals surface area contributed by atoms with E-state index in [1.807, 2.05) is 41.1 Å². The maximum Gasteiger partial charge on any atom is 0.255 e. The van der Waals surface area contributed by atoms with Gasteiger partial charge in [0.05, 0.1) is 24.1 Å². The van der Waals surface area contributed by atoms with Gasteiger partial charge in [0.2, 0.25) is 11.8 Å². The molecule has 16 heteroatoms. The van der Waals surface area contributed by atoms with E-state index in [0.717, 1.165) is 92.1 Å². The SMILES string of the molecule is COc1ccc(F)cc1C(=O)CCc1ccc(-c2nn(C3CCN(c4ccc(CN5CCN(c6ccc7c(c6)CN([C@H]6CCC(=O)NC6=O)C7=O)CC5)cc4)CC3)c3ncnc(N)c23)cc1. The van der Waals surface area contributed by atoms with E-state index in [4.69, 9.17) is 15.6 Å². The van der Waals surface area contributed by atoms with E-state index in [-0.39, 0.29) is 42.0 Å². The molecular weight excluding hydrogens is 840 g/mol. The average molecular weight is 891 g/mol. The number of nitrogens with one attached hydrogen (secondary N) is 1. The molecule has 4 aromatic carbocycles.